The van der Waals surface area contributed by atoms with Crippen molar-refractivity contribution < 1.29 is 4.79 Å². The smallest absolute Gasteiger partial charge is 0.227 e. The molecule has 92 valence electrons. The summed E-state index contributed by atoms with van der Waals surface area (Å²) in [5.41, 5.74) is 11.7. The quantitative estimate of drug-likeness (QED) is 0.590. The van der Waals surface area contributed by atoms with Gasteiger partial charge in [-0.2, -0.15) is 0 Å². The molecule has 0 radical (unpaired) electrons. The molecule has 0 saturated carbocycles. The molecular weight excluding hydrogens is 204 g/mol. The highest BCUT2D eigenvalue weighted by molar-refractivity contribution is 5.79. The first-order valence-corrected chi connectivity index (χ1v) is 6.06. The number of piperidine rings is 1. The summed E-state index contributed by atoms with van der Waals surface area (Å²) in [7, 11) is 2.07. The molecule has 0 aliphatic carbocycles. The second-order valence-corrected chi connectivity index (χ2v) is 5.17. The number of rotatable bonds is 1. The molecule has 5 heteroatoms. The van der Waals surface area contributed by atoms with Gasteiger partial charge in [0.25, 0.3) is 0 Å². The number of hydrogen-bond acceptors (Lipinski definition) is 4. The molecule has 5 nitrogen and oxygen atoms in total. The molecule has 0 aromatic carbocycles. The summed E-state index contributed by atoms with van der Waals surface area (Å²) in [4.78, 5) is 16.3. The summed E-state index contributed by atoms with van der Waals surface area (Å²) >= 11 is 0. The van der Waals surface area contributed by atoms with E-state index < -0.39 is 0 Å². The zero-order valence-corrected chi connectivity index (χ0v) is 9.93. The summed E-state index contributed by atoms with van der Waals surface area (Å²) in [6, 6.07) is -0.101. The first kappa shape index (κ1) is 11.8. The first-order chi connectivity index (χ1) is 7.58. The molecule has 0 bridgehead atoms. The lowest BCUT2D eigenvalue weighted by Crippen LogP contribution is -2.43. The maximum atomic E-state index is 12.2. The van der Waals surface area contributed by atoms with E-state index >= 15 is 0 Å². The largest absolute Gasteiger partial charge is 0.339 e. The Labute approximate surface area is 96.7 Å². The van der Waals surface area contributed by atoms with Gasteiger partial charge >= 0.3 is 0 Å². The van der Waals surface area contributed by atoms with Crippen molar-refractivity contribution in [2.75, 3.05) is 33.2 Å². The van der Waals surface area contributed by atoms with Crippen LogP contribution in [0.15, 0.2) is 0 Å². The Hall–Kier alpha value is -0.650. The van der Waals surface area contributed by atoms with Gasteiger partial charge in [-0.15, -0.1) is 0 Å². The lowest BCUT2D eigenvalue weighted by Gasteiger charge is -2.31. The van der Waals surface area contributed by atoms with Crippen LogP contribution in [0.3, 0.4) is 0 Å². The van der Waals surface area contributed by atoms with Gasteiger partial charge in [0.05, 0.1) is 5.92 Å². The van der Waals surface area contributed by atoms with Crippen molar-refractivity contribution in [3.63, 3.8) is 0 Å². The Balaban J connectivity index is 1.92. The van der Waals surface area contributed by atoms with Crippen molar-refractivity contribution in [3.05, 3.63) is 0 Å². The van der Waals surface area contributed by atoms with Crippen LogP contribution >= 0.6 is 0 Å². The zero-order chi connectivity index (χ0) is 11.7. The summed E-state index contributed by atoms with van der Waals surface area (Å²) < 4.78 is 0. The van der Waals surface area contributed by atoms with Crippen molar-refractivity contribution in [2.24, 2.45) is 17.4 Å². The van der Waals surface area contributed by atoms with E-state index in [1.807, 2.05) is 4.90 Å². The first-order valence-electron chi connectivity index (χ1n) is 6.06. The SMILES string of the molecule is CN1CCCC(C(=O)N2CC(N)C(N)C2)C1. The van der Waals surface area contributed by atoms with Gasteiger partial charge in [-0.3, -0.25) is 4.79 Å². The van der Waals surface area contributed by atoms with Crippen LogP contribution < -0.4 is 11.5 Å². The normalized spacial score (nSPS) is 36.7. The molecule has 0 aromatic rings. The van der Waals surface area contributed by atoms with Crippen LogP contribution in [0.5, 0.6) is 0 Å². The highest BCUT2D eigenvalue weighted by Gasteiger charge is 2.34. The molecular formula is C11H22N4O. The molecule has 2 rings (SSSR count). The third-order valence-corrected chi connectivity index (χ3v) is 3.70. The van der Waals surface area contributed by atoms with Gasteiger partial charge in [0.1, 0.15) is 0 Å². The summed E-state index contributed by atoms with van der Waals surface area (Å²) in [5.74, 6) is 0.395. The number of carbonyl (C=O) groups is 1. The van der Waals surface area contributed by atoms with Crippen molar-refractivity contribution in [2.45, 2.75) is 24.9 Å². The third kappa shape index (κ3) is 2.36. The average molecular weight is 226 g/mol. The standard InChI is InChI=1S/C11H22N4O/c1-14-4-2-3-8(5-14)11(16)15-6-9(12)10(13)7-15/h8-10H,2-7,12-13H2,1H3. The Morgan fingerprint density at radius 1 is 1.19 bits per heavy atom. The minimum atomic E-state index is -0.0507. The Kier molecular flexibility index (Phi) is 3.47. The van der Waals surface area contributed by atoms with Crippen molar-refractivity contribution in [1.82, 2.24) is 9.80 Å². The number of likely N-dealkylation sites (tertiary alicyclic amines) is 2. The van der Waals surface area contributed by atoms with E-state index in [1.54, 1.807) is 0 Å². The second kappa shape index (κ2) is 4.69. The van der Waals surface area contributed by atoms with Crippen LogP contribution in [0, 0.1) is 5.92 Å². The van der Waals surface area contributed by atoms with Crippen LogP contribution in [-0.4, -0.2) is 61.0 Å². The second-order valence-electron chi connectivity index (χ2n) is 5.17. The molecule has 0 aromatic heterocycles. The molecule has 1 amide bonds. The van der Waals surface area contributed by atoms with E-state index in [-0.39, 0.29) is 23.9 Å². The molecule has 2 saturated heterocycles. The Morgan fingerprint density at radius 3 is 2.38 bits per heavy atom. The molecule has 3 atom stereocenters. The lowest BCUT2D eigenvalue weighted by atomic mass is 9.97. The van der Waals surface area contributed by atoms with E-state index in [9.17, 15) is 4.79 Å². The van der Waals surface area contributed by atoms with Gasteiger partial charge in [-0.1, -0.05) is 0 Å². The fourth-order valence-electron chi connectivity index (χ4n) is 2.66. The van der Waals surface area contributed by atoms with Gasteiger partial charge in [0.2, 0.25) is 5.91 Å². The fourth-order valence-corrected chi connectivity index (χ4v) is 2.66. The van der Waals surface area contributed by atoms with Gasteiger partial charge in [-0.25, -0.2) is 0 Å². The lowest BCUT2D eigenvalue weighted by molar-refractivity contribution is -0.136. The van der Waals surface area contributed by atoms with Crippen molar-refractivity contribution in [3.8, 4) is 0 Å². The maximum Gasteiger partial charge on any atom is 0.227 e. The van der Waals surface area contributed by atoms with Crippen molar-refractivity contribution in [1.29, 1.82) is 0 Å². The summed E-state index contributed by atoms with van der Waals surface area (Å²) in [5, 5.41) is 0. The summed E-state index contributed by atoms with van der Waals surface area (Å²) in [6.45, 7) is 3.23. The molecule has 2 aliphatic rings. The molecule has 2 heterocycles. The topological polar surface area (TPSA) is 75.6 Å². The number of nitrogens with two attached hydrogens (primary N) is 2. The average Bonchev–Trinajstić information content (AvgIpc) is 2.58. The van der Waals surface area contributed by atoms with Gasteiger partial charge in [0, 0.05) is 31.7 Å². The fraction of sp³-hybridized carbons (Fsp3) is 0.909. The number of amides is 1. The van der Waals surface area contributed by atoms with E-state index in [0.717, 1.165) is 25.9 Å². The van der Waals surface area contributed by atoms with Crippen LogP contribution in [0.25, 0.3) is 0 Å². The van der Waals surface area contributed by atoms with E-state index in [0.29, 0.717) is 13.1 Å². The van der Waals surface area contributed by atoms with E-state index in [2.05, 4.69) is 11.9 Å². The Morgan fingerprint density at radius 2 is 1.81 bits per heavy atom. The highest BCUT2D eigenvalue weighted by atomic mass is 16.2. The van der Waals surface area contributed by atoms with Crippen LogP contribution in [-0.2, 0) is 4.79 Å². The highest BCUT2D eigenvalue weighted by Crippen LogP contribution is 2.19. The molecule has 2 fully saturated rings. The summed E-state index contributed by atoms with van der Waals surface area (Å²) in [6.07, 6.45) is 2.11. The number of carbonyl (C=O) groups excluding carboxylic acids is 1. The minimum Gasteiger partial charge on any atom is -0.339 e. The van der Waals surface area contributed by atoms with Crippen molar-refractivity contribution >= 4 is 5.91 Å². The van der Waals surface area contributed by atoms with E-state index in [4.69, 9.17) is 11.5 Å². The molecule has 2 aliphatic heterocycles. The van der Waals surface area contributed by atoms with Gasteiger partial charge in [0.15, 0.2) is 0 Å². The van der Waals surface area contributed by atoms with Gasteiger partial charge < -0.3 is 21.3 Å². The maximum absolute atomic E-state index is 12.2. The Bertz CT molecular complexity index is 254. The predicted molar refractivity (Wildman–Crippen MR) is 62.8 cm³/mol. The molecule has 4 N–H and O–H groups in total. The van der Waals surface area contributed by atoms with Crippen LogP contribution in [0.1, 0.15) is 12.8 Å². The molecule has 3 unspecified atom stereocenters. The third-order valence-electron chi connectivity index (χ3n) is 3.70. The van der Waals surface area contributed by atoms with E-state index in [1.165, 1.54) is 0 Å². The number of hydrogen-bond donors (Lipinski definition) is 2. The zero-order valence-electron chi connectivity index (χ0n) is 9.93. The molecule has 16 heavy (non-hydrogen) atoms. The minimum absolute atomic E-state index is 0.0507. The van der Waals surface area contributed by atoms with Gasteiger partial charge in [-0.05, 0) is 26.4 Å². The predicted octanol–water partition coefficient (Wildman–Crippen LogP) is -1.17. The van der Waals surface area contributed by atoms with Crippen LogP contribution in [0.4, 0.5) is 0 Å². The van der Waals surface area contributed by atoms with Crippen LogP contribution in [0.2, 0.25) is 0 Å². The monoisotopic (exact) mass is 226 g/mol. The molecule has 0 spiro atoms. The number of nitrogens with zero attached hydrogens (tertiary/aromatic N) is 2.